The molecule has 0 saturated heterocycles. The van der Waals surface area contributed by atoms with Crippen LogP contribution in [0.5, 0.6) is 0 Å². The maximum atomic E-state index is 12.7. The van der Waals surface area contributed by atoms with E-state index in [1.54, 1.807) is 0 Å². The minimum Gasteiger partial charge on any atom is -0.299 e. The summed E-state index contributed by atoms with van der Waals surface area (Å²) in [5, 5.41) is 0. The average molecular weight is 298 g/mol. The molecule has 0 spiro atoms. The van der Waals surface area contributed by atoms with Gasteiger partial charge in [0.05, 0.1) is 0 Å². The molecule has 4 fully saturated rings. The molecular weight excluding hydrogens is 272 g/mol. The van der Waals surface area contributed by atoms with Gasteiger partial charge in [-0.15, -0.1) is 0 Å². The van der Waals surface area contributed by atoms with Crippen LogP contribution in [0.15, 0.2) is 11.6 Å². The third kappa shape index (κ3) is 1.43. The van der Waals surface area contributed by atoms with Crippen LogP contribution in [-0.4, -0.2) is 11.6 Å². The number of ketones is 2. The Hall–Kier alpha value is -0.920. The van der Waals surface area contributed by atoms with Crippen molar-refractivity contribution in [1.29, 1.82) is 0 Å². The Kier molecular flexibility index (Phi) is 2.42. The SMILES string of the molecule is C[C@]12CCC(=O)C=C1CCC1C2CC[C@]2(C)C(=O)[C@H]3CC3C12. The molecule has 118 valence electrons. The van der Waals surface area contributed by atoms with E-state index in [4.69, 9.17) is 0 Å². The molecule has 0 aromatic rings. The van der Waals surface area contributed by atoms with Crippen LogP contribution in [0.2, 0.25) is 0 Å². The first kappa shape index (κ1) is 13.5. The summed E-state index contributed by atoms with van der Waals surface area (Å²) in [5.41, 5.74) is 1.68. The fourth-order valence-electron chi connectivity index (χ4n) is 7.22. The molecule has 2 heteroatoms. The van der Waals surface area contributed by atoms with E-state index in [9.17, 15) is 9.59 Å². The first-order valence-electron chi connectivity index (χ1n) is 9.23. The highest BCUT2D eigenvalue weighted by Gasteiger charge is 2.70. The van der Waals surface area contributed by atoms with Gasteiger partial charge in [0.25, 0.3) is 0 Å². The smallest absolute Gasteiger partial charge is 0.155 e. The summed E-state index contributed by atoms with van der Waals surface area (Å²) in [6, 6.07) is 0. The van der Waals surface area contributed by atoms with E-state index in [2.05, 4.69) is 13.8 Å². The Balaban J connectivity index is 1.55. The van der Waals surface area contributed by atoms with Gasteiger partial charge < -0.3 is 0 Å². The van der Waals surface area contributed by atoms with E-state index >= 15 is 0 Å². The third-order valence-electron chi connectivity index (χ3n) is 8.41. The normalized spacial score (nSPS) is 55.7. The summed E-state index contributed by atoms with van der Waals surface area (Å²) in [5.74, 6) is 4.17. The zero-order valence-electron chi connectivity index (χ0n) is 13.7. The van der Waals surface area contributed by atoms with E-state index in [1.807, 2.05) is 6.08 Å². The van der Waals surface area contributed by atoms with Gasteiger partial charge in [-0.1, -0.05) is 19.4 Å². The molecule has 22 heavy (non-hydrogen) atoms. The van der Waals surface area contributed by atoms with Gasteiger partial charge in [0.2, 0.25) is 0 Å². The fourth-order valence-corrected chi connectivity index (χ4v) is 7.22. The number of carbonyl (C=O) groups is 2. The predicted molar refractivity (Wildman–Crippen MR) is 84.1 cm³/mol. The highest BCUT2D eigenvalue weighted by molar-refractivity contribution is 5.93. The lowest BCUT2D eigenvalue weighted by Gasteiger charge is -2.57. The number of Topliss-reactive ketones (excluding diaryl/α,β-unsaturated/α-hetero) is 1. The number of allylic oxidation sites excluding steroid dienone is 1. The minimum atomic E-state index is -0.00316. The summed E-state index contributed by atoms with van der Waals surface area (Å²) in [6.45, 7) is 4.70. The Morgan fingerprint density at radius 2 is 1.82 bits per heavy atom. The first-order chi connectivity index (χ1) is 10.4. The second-order valence-corrected chi connectivity index (χ2v) is 9.21. The van der Waals surface area contributed by atoms with Crippen LogP contribution in [0.4, 0.5) is 0 Å². The monoisotopic (exact) mass is 298 g/mol. The van der Waals surface area contributed by atoms with Crippen molar-refractivity contribution in [3.8, 4) is 0 Å². The van der Waals surface area contributed by atoms with Crippen molar-refractivity contribution >= 4 is 11.6 Å². The Morgan fingerprint density at radius 1 is 1.00 bits per heavy atom. The summed E-state index contributed by atoms with van der Waals surface area (Å²) in [4.78, 5) is 24.6. The molecule has 0 aromatic carbocycles. The number of hydrogen-bond donors (Lipinski definition) is 0. The molecule has 5 aliphatic carbocycles. The summed E-state index contributed by atoms with van der Waals surface area (Å²) >= 11 is 0. The minimum absolute atomic E-state index is 0.00316. The lowest BCUT2D eigenvalue weighted by atomic mass is 9.47. The second-order valence-electron chi connectivity index (χ2n) is 9.21. The molecule has 7 atom stereocenters. The van der Waals surface area contributed by atoms with Gasteiger partial charge in [-0.25, -0.2) is 0 Å². The number of rotatable bonds is 0. The van der Waals surface area contributed by atoms with Crippen LogP contribution >= 0.6 is 0 Å². The highest BCUT2D eigenvalue weighted by Crippen LogP contribution is 2.71. The molecule has 0 radical (unpaired) electrons. The quantitative estimate of drug-likeness (QED) is 0.678. The van der Waals surface area contributed by atoms with Crippen molar-refractivity contribution in [3.63, 3.8) is 0 Å². The van der Waals surface area contributed by atoms with Crippen molar-refractivity contribution in [2.45, 2.75) is 58.8 Å². The van der Waals surface area contributed by atoms with Gasteiger partial charge in [0, 0.05) is 17.8 Å². The van der Waals surface area contributed by atoms with Crippen LogP contribution in [0.1, 0.15) is 58.8 Å². The van der Waals surface area contributed by atoms with Gasteiger partial charge in [0.15, 0.2) is 5.78 Å². The topological polar surface area (TPSA) is 34.1 Å². The number of carbonyl (C=O) groups excluding carboxylic acids is 2. The lowest BCUT2D eigenvalue weighted by molar-refractivity contribution is -0.136. The predicted octanol–water partition coefficient (Wildman–Crippen LogP) is 3.94. The van der Waals surface area contributed by atoms with Crippen LogP contribution in [0.3, 0.4) is 0 Å². The summed E-state index contributed by atoms with van der Waals surface area (Å²) in [7, 11) is 0. The van der Waals surface area contributed by atoms with Crippen LogP contribution < -0.4 is 0 Å². The molecule has 0 heterocycles. The molecule has 5 aliphatic rings. The van der Waals surface area contributed by atoms with Gasteiger partial charge in [-0.2, -0.15) is 0 Å². The van der Waals surface area contributed by atoms with Gasteiger partial charge in [0.1, 0.15) is 5.78 Å². The van der Waals surface area contributed by atoms with Crippen LogP contribution in [0, 0.1) is 40.4 Å². The largest absolute Gasteiger partial charge is 0.299 e. The van der Waals surface area contributed by atoms with E-state index in [-0.39, 0.29) is 10.8 Å². The van der Waals surface area contributed by atoms with Crippen molar-refractivity contribution in [2.24, 2.45) is 40.4 Å². The number of hydrogen-bond acceptors (Lipinski definition) is 2. The van der Waals surface area contributed by atoms with Gasteiger partial charge >= 0.3 is 0 Å². The van der Waals surface area contributed by atoms with Gasteiger partial charge in [-0.05, 0) is 73.7 Å². The molecule has 0 aromatic heterocycles. The molecule has 4 saturated carbocycles. The van der Waals surface area contributed by atoms with Gasteiger partial charge in [-0.3, -0.25) is 9.59 Å². The maximum Gasteiger partial charge on any atom is 0.155 e. The molecule has 0 amide bonds. The fraction of sp³-hybridized carbons (Fsp3) is 0.800. The molecule has 2 nitrogen and oxygen atoms in total. The van der Waals surface area contributed by atoms with E-state index in [1.165, 1.54) is 24.8 Å². The second kappa shape index (κ2) is 3.94. The zero-order valence-corrected chi connectivity index (χ0v) is 13.7. The van der Waals surface area contributed by atoms with Crippen LogP contribution in [-0.2, 0) is 9.59 Å². The van der Waals surface area contributed by atoms with Crippen molar-refractivity contribution in [2.75, 3.05) is 0 Å². The zero-order chi connectivity index (χ0) is 15.3. The van der Waals surface area contributed by atoms with E-state index in [0.29, 0.717) is 35.2 Å². The molecule has 0 bridgehead atoms. The third-order valence-corrected chi connectivity index (χ3v) is 8.41. The molecule has 0 aliphatic heterocycles. The van der Waals surface area contributed by atoms with E-state index < -0.39 is 0 Å². The molecule has 5 rings (SSSR count). The van der Waals surface area contributed by atoms with Crippen LogP contribution in [0.25, 0.3) is 0 Å². The Labute approximate surface area is 132 Å². The summed E-state index contributed by atoms with van der Waals surface area (Å²) < 4.78 is 0. The Morgan fingerprint density at radius 3 is 2.64 bits per heavy atom. The lowest BCUT2D eigenvalue weighted by Crippen LogP contribution is -2.51. The first-order valence-corrected chi connectivity index (χ1v) is 9.23. The standard InChI is InChI=1S/C20H26O2/c1-19-7-5-12(21)9-11(19)3-4-13-16(19)6-8-20(2)17(13)14-10-15(14)18(20)22/h9,13-17H,3-8,10H2,1-2H3/t13?,14?,15-,16?,17?,19-,20-/m0/s1. The highest BCUT2D eigenvalue weighted by atomic mass is 16.1. The summed E-state index contributed by atoms with van der Waals surface area (Å²) in [6.07, 6.45) is 9.55. The number of fused-ring (bicyclic) bond motifs is 7. The van der Waals surface area contributed by atoms with Crippen molar-refractivity contribution in [3.05, 3.63) is 11.6 Å². The molecule has 0 N–H and O–H groups in total. The van der Waals surface area contributed by atoms with Crippen molar-refractivity contribution < 1.29 is 9.59 Å². The maximum absolute atomic E-state index is 12.7. The Bertz CT molecular complexity index is 617. The van der Waals surface area contributed by atoms with Crippen molar-refractivity contribution in [1.82, 2.24) is 0 Å². The van der Waals surface area contributed by atoms with E-state index in [0.717, 1.165) is 31.6 Å². The molecule has 4 unspecified atom stereocenters. The average Bonchev–Trinajstić information content (AvgIpc) is 3.22. The molecular formula is C20H26O2.